The van der Waals surface area contributed by atoms with Crippen LogP contribution in [0.4, 0.5) is 0 Å². The van der Waals surface area contributed by atoms with Crippen LogP contribution in [-0.2, 0) is 14.6 Å². The molecule has 27 heavy (non-hydrogen) atoms. The molecular weight excluding hydrogens is 368 g/mol. The summed E-state index contributed by atoms with van der Waals surface area (Å²) in [5.41, 5.74) is 0.422. The molecule has 1 aromatic carbocycles. The monoisotopic (exact) mass is 396 g/mol. The number of sulfone groups is 1. The van der Waals surface area contributed by atoms with Gasteiger partial charge in [0.1, 0.15) is 0 Å². The lowest BCUT2D eigenvalue weighted by Gasteiger charge is -2.42. The first-order valence-corrected chi connectivity index (χ1v) is 11.0. The van der Waals surface area contributed by atoms with Crippen molar-refractivity contribution in [2.45, 2.75) is 56.5 Å². The number of nitrogens with one attached hydrogen (secondary N) is 1. The summed E-state index contributed by atoms with van der Waals surface area (Å²) in [6.07, 6.45) is 2.86. The number of likely N-dealkylation sites (N-methyl/N-ethyl adjacent to an activating group) is 1. The molecule has 0 saturated heterocycles. The Morgan fingerprint density at radius 2 is 1.81 bits per heavy atom. The first-order valence-electron chi connectivity index (χ1n) is 9.36. The first kappa shape index (κ1) is 21.4. The van der Waals surface area contributed by atoms with Crippen molar-refractivity contribution in [1.82, 2.24) is 10.2 Å². The minimum atomic E-state index is -3.30. The second-order valence-electron chi connectivity index (χ2n) is 6.95. The van der Waals surface area contributed by atoms with Crippen molar-refractivity contribution in [3.05, 3.63) is 29.8 Å². The molecule has 0 bridgehead atoms. The number of rotatable bonds is 10. The van der Waals surface area contributed by atoms with E-state index in [2.05, 4.69) is 5.32 Å². The molecule has 1 fully saturated rings. The maximum Gasteiger partial charge on any atom is 0.317 e. The molecule has 2 N–H and O–H groups in total. The van der Waals surface area contributed by atoms with E-state index in [1.807, 2.05) is 18.7 Å². The number of unbranched alkanes of at least 4 members (excludes halogenated alkanes) is 1. The number of amides is 1. The van der Waals surface area contributed by atoms with Crippen LogP contribution < -0.4 is 5.32 Å². The highest BCUT2D eigenvalue weighted by Crippen LogP contribution is 2.26. The summed E-state index contributed by atoms with van der Waals surface area (Å²) in [7, 11) is -3.30. The molecule has 1 aliphatic carbocycles. The number of hydrogen-bond acceptors (Lipinski definition) is 5. The molecule has 150 valence electrons. The minimum absolute atomic E-state index is 0.00972. The molecule has 0 heterocycles. The van der Waals surface area contributed by atoms with Crippen molar-refractivity contribution in [1.29, 1.82) is 0 Å². The second kappa shape index (κ2) is 9.32. The summed E-state index contributed by atoms with van der Waals surface area (Å²) in [6.45, 7) is 4.53. The van der Waals surface area contributed by atoms with Gasteiger partial charge in [-0.05, 0) is 50.1 Å². The van der Waals surface area contributed by atoms with E-state index in [9.17, 15) is 18.0 Å². The topological polar surface area (TPSA) is 104 Å². The average molecular weight is 397 g/mol. The van der Waals surface area contributed by atoms with Crippen LogP contribution in [0.25, 0.3) is 0 Å². The highest BCUT2D eigenvalue weighted by molar-refractivity contribution is 7.91. The van der Waals surface area contributed by atoms with Crippen LogP contribution in [0.3, 0.4) is 0 Å². The number of aliphatic carboxylic acids is 1. The predicted octanol–water partition coefficient (Wildman–Crippen LogP) is 1.93. The van der Waals surface area contributed by atoms with E-state index in [1.165, 1.54) is 24.3 Å². The quantitative estimate of drug-likeness (QED) is 0.626. The Balaban J connectivity index is 1.88. The maximum absolute atomic E-state index is 12.3. The van der Waals surface area contributed by atoms with Gasteiger partial charge in [-0.3, -0.25) is 14.5 Å². The highest BCUT2D eigenvalue weighted by Gasteiger charge is 2.34. The fourth-order valence-electron chi connectivity index (χ4n) is 3.21. The molecule has 2 rings (SSSR count). The van der Waals surface area contributed by atoms with Gasteiger partial charge in [0.25, 0.3) is 5.91 Å². The van der Waals surface area contributed by atoms with Gasteiger partial charge in [-0.15, -0.1) is 0 Å². The van der Waals surface area contributed by atoms with Gasteiger partial charge in [0, 0.05) is 17.6 Å². The largest absolute Gasteiger partial charge is 0.480 e. The molecule has 0 radical (unpaired) electrons. The zero-order valence-electron chi connectivity index (χ0n) is 15.8. The smallest absolute Gasteiger partial charge is 0.317 e. The molecule has 0 aromatic heterocycles. The number of carboxylic acid groups (broad SMARTS) is 1. The standard InChI is InChI=1S/C19H28N2O5S/c1-3-5-10-27(25,26)17-8-6-14(7-9-17)19(24)20-15-11-16(12-15)21(4-2)13-18(22)23/h6-9,15-16H,3-5,10-13H2,1-2H3,(H,20,24)(H,22,23). The van der Waals surface area contributed by atoms with Gasteiger partial charge >= 0.3 is 5.97 Å². The van der Waals surface area contributed by atoms with Crippen LogP contribution in [-0.4, -0.2) is 61.2 Å². The first-order chi connectivity index (χ1) is 12.8. The van der Waals surface area contributed by atoms with E-state index in [4.69, 9.17) is 5.11 Å². The Morgan fingerprint density at radius 3 is 2.33 bits per heavy atom. The van der Waals surface area contributed by atoms with E-state index in [-0.39, 0.29) is 35.2 Å². The third-order valence-electron chi connectivity index (χ3n) is 4.95. The van der Waals surface area contributed by atoms with E-state index in [0.29, 0.717) is 18.5 Å². The predicted molar refractivity (Wildman–Crippen MR) is 103 cm³/mol. The van der Waals surface area contributed by atoms with Crippen molar-refractivity contribution in [3.8, 4) is 0 Å². The van der Waals surface area contributed by atoms with Crippen molar-refractivity contribution in [2.24, 2.45) is 0 Å². The van der Waals surface area contributed by atoms with Gasteiger partial charge < -0.3 is 10.4 Å². The van der Waals surface area contributed by atoms with Crippen LogP contribution in [0.5, 0.6) is 0 Å². The third kappa shape index (κ3) is 5.77. The highest BCUT2D eigenvalue weighted by atomic mass is 32.2. The number of nitrogens with zero attached hydrogens (tertiary/aromatic N) is 1. The molecule has 1 aromatic rings. The number of carbonyl (C=O) groups is 2. The molecule has 0 unspecified atom stereocenters. The van der Waals surface area contributed by atoms with Crippen LogP contribution in [0.2, 0.25) is 0 Å². The zero-order chi connectivity index (χ0) is 20.0. The number of carboxylic acids is 1. The normalized spacial score (nSPS) is 19.5. The summed E-state index contributed by atoms with van der Waals surface area (Å²) in [5, 5.41) is 11.8. The fraction of sp³-hybridized carbons (Fsp3) is 0.579. The number of benzene rings is 1. The van der Waals surface area contributed by atoms with Gasteiger partial charge in [0.05, 0.1) is 17.2 Å². The minimum Gasteiger partial charge on any atom is -0.480 e. The van der Waals surface area contributed by atoms with E-state index in [0.717, 1.165) is 19.3 Å². The van der Waals surface area contributed by atoms with Crippen LogP contribution in [0, 0.1) is 0 Å². The molecule has 0 spiro atoms. The van der Waals surface area contributed by atoms with Gasteiger partial charge in [-0.2, -0.15) is 0 Å². The molecule has 1 amide bonds. The van der Waals surface area contributed by atoms with Gasteiger partial charge in [0.15, 0.2) is 9.84 Å². The Kier molecular flexibility index (Phi) is 7.38. The van der Waals surface area contributed by atoms with Gasteiger partial charge in [0.2, 0.25) is 0 Å². The number of hydrogen-bond donors (Lipinski definition) is 2. The Morgan fingerprint density at radius 1 is 1.19 bits per heavy atom. The SMILES string of the molecule is CCCCS(=O)(=O)c1ccc(C(=O)NC2CC(N(CC)CC(=O)O)C2)cc1. The van der Waals surface area contributed by atoms with E-state index >= 15 is 0 Å². The molecule has 0 aliphatic heterocycles. The fourth-order valence-corrected chi connectivity index (χ4v) is 4.67. The van der Waals surface area contributed by atoms with E-state index in [1.54, 1.807) is 0 Å². The van der Waals surface area contributed by atoms with Gasteiger partial charge in [-0.1, -0.05) is 20.3 Å². The van der Waals surface area contributed by atoms with Gasteiger partial charge in [-0.25, -0.2) is 8.42 Å². The molecular formula is C19H28N2O5S. The Hall–Kier alpha value is -1.93. The summed E-state index contributed by atoms with van der Waals surface area (Å²) in [4.78, 5) is 25.3. The van der Waals surface area contributed by atoms with E-state index < -0.39 is 15.8 Å². The lowest BCUT2D eigenvalue weighted by Crippen LogP contribution is -2.54. The van der Waals surface area contributed by atoms with Crippen LogP contribution in [0.15, 0.2) is 29.2 Å². The zero-order valence-corrected chi connectivity index (χ0v) is 16.7. The maximum atomic E-state index is 12.3. The summed E-state index contributed by atoms with van der Waals surface area (Å²) in [5.74, 6) is -0.974. The number of carbonyl (C=O) groups excluding carboxylic acids is 1. The Bertz CT molecular complexity index is 755. The summed E-state index contributed by atoms with van der Waals surface area (Å²) >= 11 is 0. The third-order valence-corrected chi connectivity index (χ3v) is 6.77. The van der Waals surface area contributed by atoms with Crippen molar-refractivity contribution < 1.29 is 23.1 Å². The summed E-state index contributed by atoms with van der Waals surface area (Å²) < 4.78 is 24.3. The molecule has 0 atom stereocenters. The lowest BCUT2D eigenvalue weighted by molar-refractivity contribution is -0.139. The Labute approximate surface area is 160 Å². The van der Waals surface area contributed by atoms with Crippen molar-refractivity contribution in [2.75, 3.05) is 18.8 Å². The molecule has 8 heteroatoms. The molecule has 1 saturated carbocycles. The summed E-state index contributed by atoms with van der Waals surface area (Å²) in [6, 6.07) is 6.21. The van der Waals surface area contributed by atoms with Crippen molar-refractivity contribution >= 4 is 21.7 Å². The molecule has 7 nitrogen and oxygen atoms in total. The molecule has 1 aliphatic rings. The second-order valence-corrected chi connectivity index (χ2v) is 9.06. The van der Waals surface area contributed by atoms with Crippen LogP contribution >= 0.6 is 0 Å². The lowest BCUT2D eigenvalue weighted by atomic mass is 9.85. The van der Waals surface area contributed by atoms with Crippen molar-refractivity contribution in [3.63, 3.8) is 0 Å². The van der Waals surface area contributed by atoms with Crippen LogP contribution in [0.1, 0.15) is 49.9 Å². The average Bonchev–Trinajstić information content (AvgIpc) is 2.60.